The zero-order valence-electron chi connectivity index (χ0n) is 9.66. The predicted octanol–water partition coefficient (Wildman–Crippen LogP) is 2.66. The molecule has 3 atom stereocenters. The van der Waals surface area contributed by atoms with Gasteiger partial charge in [0.05, 0.1) is 12.5 Å². The summed E-state index contributed by atoms with van der Waals surface area (Å²) in [5.41, 5.74) is 0. The zero-order valence-corrected chi connectivity index (χ0v) is 9.66. The lowest BCUT2D eigenvalue weighted by atomic mass is 9.87. The smallest absolute Gasteiger partial charge is 0.0638 e. The summed E-state index contributed by atoms with van der Waals surface area (Å²) < 4.78 is 0. The summed E-state index contributed by atoms with van der Waals surface area (Å²) >= 11 is 0. The maximum absolute atomic E-state index is 8.74. The summed E-state index contributed by atoms with van der Waals surface area (Å²) in [5.74, 6) is 1.64. The summed E-state index contributed by atoms with van der Waals surface area (Å²) in [6, 6.07) is 2.80. The number of nitriles is 1. The Hall–Kier alpha value is -0.550. The molecule has 1 rings (SSSR count). The molecule has 3 unspecified atom stereocenters. The lowest BCUT2D eigenvalue weighted by molar-refractivity contribution is 0.0948. The third kappa shape index (κ3) is 2.72. The third-order valence-corrected chi connectivity index (χ3v) is 3.68. The number of piperidine rings is 1. The van der Waals surface area contributed by atoms with Crippen LogP contribution in [0.4, 0.5) is 0 Å². The fraction of sp³-hybridized carbons (Fsp3) is 0.917. The number of nitrogens with zero attached hydrogens (tertiary/aromatic N) is 2. The first-order valence-electron chi connectivity index (χ1n) is 5.80. The van der Waals surface area contributed by atoms with Crippen molar-refractivity contribution in [2.45, 2.75) is 46.1 Å². The van der Waals surface area contributed by atoms with Crippen molar-refractivity contribution < 1.29 is 0 Å². The van der Waals surface area contributed by atoms with E-state index in [9.17, 15) is 0 Å². The Morgan fingerprint density at radius 2 is 2.14 bits per heavy atom. The number of hydrogen-bond acceptors (Lipinski definition) is 2. The van der Waals surface area contributed by atoms with Crippen molar-refractivity contribution in [2.24, 2.45) is 11.8 Å². The van der Waals surface area contributed by atoms with E-state index in [0.717, 1.165) is 18.3 Å². The summed E-state index contributed by atoms with van der Waals surface area (Å²) in [6.45, 7) is 9.22. The van der Waals surface area contributed by atoms with E-state index in [2.05, 4.69) is 31.7 Å². The largest absolute Gasteiger partial charge is 0.299 e. The molecule has 0 radical (unpaired) electrons. The van der Waals surface area contributed by atoms with Crippen LogP contribution in [0.15, 0.2) is 0 Å². The van der Waals surface area contributed by atoms with E-state index < -0.39 is 0 Å². The highest BCUT2D eigenvalue weighted by molar-refractivity contribution is 4.85. The highest BCUT2D eigenvalue weighted by Crippen LogP contribution is 2.25. The van der Waals surface area contributed by atoms with Gasteiger partial charge < -0.3 is 0 Å². The minimum atomic E-state index is 0.495. The van der Waals surface area contributed by atoms with E-state index in [4.69, 9.17) is 5.26 Å². The van der Waals surface area contributed by atoms with Crippen LogP contribution in [0.5, 0.6) is 0 Å². The fourth-order valence-electron chi connectivity index (χ4n) is 2.26. The second-order valence-corrected chi connectivity index (χ2v) is 4.66. The molecule has 0 N–H and O–H groups in total. The fourth-order valence-corrected chi connectivity index (χ4v) is 2.26. The van der Waals surface area contributed by atoms with Crippen LogP contribution < -0.4 is 0 Å². The van der Waals surface area contributed by atoms with Gasteiger partial charge in [0.2, 0.25) is 0 Å². The van der Waals surface area contributed by atoms with Crippen LogP contribution in [0.1, 0.15) is 40.0 Å². The maximum Gasteiger partial charge on any atom is 0.0638 e. The molecular weight excluding hydrogens is 172 g/mol. The van der Waals surface area contributed by atoms with Gasteiger partial charge in [-0.1, -0.05) is 20.8 Å². The van der Waals surface area contributed by atoms with Crippen molar-refractivity contribution in [2.75, 3.05) is 13.1 Å². The van der Waals surface area contributed by atoms with E-state index in [1.807, 2.05) is 0 Å². The average molecular weight is 194 g/mol. The summed E-state index contributed by atoms with van der Waals surface area (Å²) in [7, 11) is 0. The Bertz CT molecular complexity index is 207. The quantitative estimate of drug-likeness (QED) is 0.690. The minimum absolute atomic E-state index is 0.495. The second kappa shape index (κ2) is 5.36. The Kier molecular flexibility index (Phi) is 4.41. The molecule has 0 aromatic heterocycles. The number of rotatable bonds is 3. The molecule has 0 amide bonds. The molecule has 0 spiro atoms. The molecule has 1 fully saturated rings. The minimum Gasteiger partial charge on any atom is -0.299 e. The van der Waals surface area contributed by atoms with Crippen molar-refractivity contribution in [1.29, 1.82) is 5.26 Å². The van der Waals surface area contributed by atoms with Crippen LogP contribution in [0, 0.1) is 23.2 Å². The first-order valence-corrected chi connectivity index (χ1v) is 5.80. The van der Waals surface area contributed by atoms with Crippen molar-refractivity contribution in [3.8, 4) is 6.07 Å². The maximum atomic E-state index is 8.74. The highest BCUT2D eigenvalue weighted by Gasteiger charge is 2.26. The highest BCUT2D eigenvalue weighted by atomic mass is 15.2. The molecule has 2 nitrogen and oxygen atoms in total. The average Bonchev–Trinajstić information content (AvgIpc) is 2.19. The Morgan fingerprint density at radius 3 is 2.64 bits per heavy atom. The Labute approximate surface area is 87.9 Å². The van der Waals surface area contributed by atoms with Gasteiger partial charge in [0.25, 0.3) is 0 Å². The first-order chi connectivity index (χ1) is 6.69. The van der Waals surface area contributed by atoms with Crippen molar-refractivity contribution in [1.82, 2.24) is 4.90 Å². The third-order valence-electron chi connectivity index (χ3n) is 3.68. The van der Waals surface area contributed by atoms with Crippen molar-refractivity contribution in [3.05, 3.63) is 0 Å². The Morgan fingerprint density at radius 1 is 1.43 bits per heavy atom. The molecule has 80 valence electrons. The Balaban J connectivity index is 2.48. The van der Waals surface area contributed by atoms with Crippen LogP contribution in [0.3, 0.4) is 0 Å². The monoisotopic (exact) mass is 194 g/mol. The molecule has 0 aliphatic carbocycles. The molecule has 1 saturated heterocycles. The predicted molar refractivity (Wildman–Crippen MR) is 58.8 cm³/mol. The van der Waals surface area contributed by atoms with Gasteiger partial charge >= 0.3 is 0 Å². The van der Waals surface area contributed by atoms with E-state index in [1.54, 1.807) is 0 Å². The molecule has 1 aliphatic heterocycles. The van der Waals surface area contributed by atoms with Gasteiger partial charge in [-0.15, -0.1) is 0 Å². The van der Waals surface area contributed by atoms with Crippen LogP contribution in [-0.4, -0.2) is 24.0 Å². The molecule has 1 heterocycles. The molecule has 0 saturated carbocycles. The molecule has 0 aromatic carbocycles. The van der Waals surface area contributed by atoms with Crippen LogP contribution >= 0.6 is 0 Å². The molecule has 2 heteroatoms. The summed E-state index contributed by atoms with van der Waals surface area (Å²) in [4.78, 5) is 2.51. The van der Waals surface area contributed by atoms with Gasteiger partial charge in [-0.05, 0) is 31.2 Å². The first kappa shape index (κ1) is 11.5. The van der Waals surface area contributed by atoms with Gasteiger partial charge in [-0.25, -0.2) is 0 Å². The lowest BCUT2D eigenvalue weighted by Crippen LogP contribution is -2.44. The van der Waals surface area contributed by atoms with Gasteiger partial charge in [0.1, 0.15) is 0 Å². The second-order valence-electron chi connectivity index (χ2n) is 4.66. The zero-order chi connectivity index (χ0) is 10.6. The topological polar surface area (TPSA) is 27.0 Å². The normalized spacial score (nSPS) is 31.0. The van der Waals surface area contributed by atoms with E-state index in [-0.39, 0.29) is 0 Å². The van der Waals surface area contributed by atoms with E-state index in [0.29, 0.717) is 12.5 Å². The van der Waals surface area contributed by atoms with Crippen LogP contribution in [0.25, 0.3) is 0 Å². The van der Waals surface area contributed by atoms with Crippen LogP contribution in [0.2, 0.25) is 0 Å². The standard InChI is InChI=1S/C12H22N2/c1-4-12(5-7-13)14-8-6-10(2)11(3)9-14/h10-12H,4-6,8-9H2,1-3H3. The summed E-state index contributed by atoms with van der Waals surface area (Å²) in [6.07, 6.45) is 3.09. The number of likely N-dealkylation sites (tertiary alicyclic amines) is 1. The van der Waals surface area contributed by atoms with Crippen LogP contribution in [-0.2, 0) is 0 Å². The van der Waals surface area contributed by atoms with Crippen molar-refractivity contribution in [3.63, 3.8) is 0 Å². The number of hydrogen-bond donors (Lipinski definition) is 0. The molecule has 0 aromatic rings. The van der Waals surface area contributed by atoms with Gasteiger partial charge in [0.15, 0.2) is 0 Å². The van der Waals surface area contributed by atoms with E-state index >= 15 is 0 Å². The summed E-state index contributed by atoms with van der Waals surface area (Å²) in [5, 5.41) is 8.74. The lowest BCUT2D eigenvalue weighted by Gasteiger charge is -2.39. The molecular formula is C12H22N2. The van der Waals surface area contributed by atoms with Gasteiger partial charge in [-0.2, -0.15) is 5.26 Å². The van der Waals surface area contributed by atoms with Gasteiger partial charge in [-0.3, -0.25) is 4.90 Å². The molecule has 14 heavy (non-hydrogen) atoms. The SMILES string of the molecule is CCC(CC#N)N1CCC(C)C(C)C1. The van der Waals surface area contributed by atoms with Crippen molar-refractivity contribution >= 4 is 0 Å². The van der Waals surface area contributed by atoms with E-state index in [1.165, 1.54) is 19.5 Å². The molecule has 0 bridgehead atoms. The molecule has 1 aliphatic rings. The van der Waals surface area contributed by atoms with Gasteiger partial charge in [0, 0.05) is 12.6 Å².